The molecule has 116 valence electrons. The number of morpholine rings is 1. The first-order valence-corrected chi connectivity index (χ1v) is 8.60. The second kappa shape index (κ2) is 6.18. The molecular weight excluding hydrogens is 298 g/mol. The highest BCUT2D eigenvalue weighted by Gasteiger charge is 2.34. The van der Waals surface area contributed by atoms with E-state index in [1.165, 1.54) is 12.8 Å². The topological polar surface area (TPSA) is 63.2 Å². The molecule has 0 amide bonds. The van der Waals surface area contributed by atoms with E-state index >= 15 is 0 Å². The Bertz CT molecular complexity index is 610. The number of hydrogen-bond donors (Lipinski definition) is 1. The summed E-state index contributed by atoms with van der Waals surface area (Å²) in [5.74, 6) is 2.33. The van der Waals surface area contributed by atoms with Crippen molar-refractivity contribution in [2.75, 3.05) is 36.5 Å². The van der Waals surface area contributed by atoms with E-state index in [0.29, 0.717) is 5.92 Å². The van der Waals surface area contributed by atoms with Gasteiger partial charge in [0.1, 0.15) is 10.8 Å². The molecule has 22 heavy (non-hydrogen) atoms. The van der Waals surface area contributed by atoms with Crippen molar-refractivity contribution in [2.45, 2.75) is 18.9 Å². The molecule has 0 unspecified atom stereocenters. The molecule has 2 aliphatic rings. The Hall–Kier alpha value is -1.73. The molecule has 1 saturated carbocycles. The first-order chi connectivity index (χ1) is 10.9. The summed E-state index contributed by atoms with van der Waals surface area (Å²) in [4.78, 5) is 15.7. The third kappa shape index (κ3) is 3.05. The molecule has 1 atom stereocenters. The smallest absolute Gasteiger partial charge is 0.227 e. The Kier molecular flexibility index (Phi) is 3.90. The van der Waals surface area contributed by atoms with Gasteiger partial charge in [-0.15, -0.1) is 11.3 Å². The third-order valence-electron chi connectivity index (χ3n) is 4.05. The molecule has 2 fully saturated rings. The molecule has 0 aromatic carbocycles. The molecule has 2 aromatic heterocycles. The molecule has 0 spiro atoms. The summed E-state index contributed by atoms with van der Waals surface area (Å²) in [5, 5.41) is 6.74. The number of aromatic nitrogens is 3. The van der Waals surface area contributed by atoms with Crippen molar-refractivity contribution in [3.05, 3.63) is 28.8 Å². The zero-order valence-corrected chi connectivity index (χ0v) is 13.1. The summed E-state index contributed by atoms with van der Waals surface area (Å²) in [6.45, 7) is 3.18. The number of thiazole rings is 1. The molecular formula is C15H19N5OS. The number of nitrogens with zero attached hydrogens (tertiary/aromatic N) is 4. The molecule has 1 aliphatic carbocycles. The largest absolute Gasteiger partial charge is 0.378 e. The van der Waals surface area contributed by atoms with Gasteiger partial charge in [0.05, 0.1) is 19.3 Å². The number of anilines is 2. The Morgan fingerprint density at radius 2 is 2.09 bits per heavy atom. The average molecular weight is 317 g/mol. The summed E-state index contributed by atoms with van der Waals surface area (Å²) in [6.07, 6.45) is 6.22. The number of hydrogen-bond acceptors (Lipinski definition) is 7. The van der Waals surface area contributed by atoms with Crippen molar-refractivity contribution in [3.8, 4) is 0 Å². The van der Waals surface area contributed by atoms with Gasteiger partial charge in [0, 0.05) is 30.9 Å². The summed E-state index contributed by atoms with van der Waals surface area (Å²) < 4.78 is 5.38. The van der Waals surface area contributed by atoms with E-state index in [0.717, 1.165) is 43.1 Å². The molecule has 0 radical (unpaired) electrons. The van der Waals surface area contributed by atoms with E-state index in [9.17, 15) is 0 Å². The fourth-order valence-corrected chi connectivity index (χ4v) is 3.48. The van der Waals surface area contributed by atoms with E-state index < -0.39 is 0 Å². The van der Waals surface area contributed by atoms with Crippen LogP contribution in [0, 0.1) is 5.92 Å². The van der Waals surface area contributed by atoms with Gasteiger partial charge in [-0.2, -0.15) is 4.98 Å². The van der Waals surface area contributed by atoms with Gasteiger partial charge in [-0.25, -0.2) is 9.97 Å². The lowest BCUT2D eigenvalue weighted by molar-refractivity contribution is 0.122. The van der Waals surface area contributed by atoms with Gasteiger partial charge >= 0.3 is 0 Å². The van der Waals surface area contributed by atoms with Crippen LogP contribution in [0.1, 0.15) is 23.9 Å². The lowest BCUT2D eigenvalue weighted by Crippen LogP contribution is -2.37. The van der Waals surface area contributed by atoms with Crippen LogP contribution in [0.4, 0.5) is 11.8 Å². The molecule has 3 heterocycles. The molecule has 1 saturated heterocycles. The zero-order chi connectivity index (χ0) is 14.8. The lowest BCUT2D eigenvalue weighted by Gasteiger charge is -2.27. The van der Waals surface area contributed by atoms with Gasteiger partial charge in [-0.05, 0) is 24.8 Å². The second-order valence-electron chi connectivity index (χ2n) is 5.67. The molecule has 4 rings (SSSR count). The fraction of sp³-hybridized carbons (Fsp3) is 0.533. The second-order valence-corrected chi connectivity index (χ2v) is 6.60. The third-order valence-corrected chi connectivity index (χ3v) is 4.91. The number of nitrogens with one attached hydrogen (secondary N) is 1. The molecule has 7 heteroatoms. The van der Waals surface area contributed by atoms with Crippen molar-refractivity contribution in [2.24, 2.45) is 5.92 Å². The highest BCUT2D eigenvalue weighted by atomic mass is 32.1. The van der Waals surface area contributed by atoms with E-state index in [2.05, 4.69) is 25.2 Å². The van der Waals surface area contributed by atoms with E-state index in [1.54, 1.807) is 11.3 Å². The minimum atomic E-state index is 0.271. The first-order valence-electron chi connectivity index (χ1n) is 7.72. The normalized spacial score (nSPS) is 19.9. The Morgan fingerprint density at radius 3 is 2.82 bits per heavy atom. The summed E-state index contributed by atoms with van der Waals surface area (Å²) in [7, 11) is 0. The van der Waals surface area contributed by atoms with E-state index in [4.69, 9.17) is 4.74 Å². The molecule has 1 aliphatic heterocycles. The van der Waals surface area contributed by atoms with Crippen LogP contribution in [-0.2, 0) is 4.74 Å². The van der Waals surface area contributed by atoms with Crippen LogP contribution in [0.2, 0.25) is 0 Å². The Balaban J connectivity index is 1.52. The van der Waals surface area contributed by atoms with Crippen molar-refractivity contribution in [1.29, 1.82) is 0 Å². The molecule has 0 bridgehead atoms. The van der Waals surface area contributed by atoms with Crippen LogP contribution in [0.5, 0.6) is 0 Å². The lowest BCUT2D eigenvalue weighted by atomic mass is 10.2. The quantitative estimate of drug-likeness (QED) is 0.913. The van der Waals surface area contributed by atoms with Crippen LogP contribution >= 0.6 is 11.3 Å². The minimum Gasteiger partial charge on any atom is -0.378 e. The summed E-state index contributed by atoms with van der Waals surface area (Å²) in [6, 6.07) is 2.21. The molecule has 1 N–H and O–H groups in total. The van der Waals surface area contributed by atoms with Gasteiger partial charge in [0.25, 0.3) is 0 Å². The zero-order valence-electron chi connectivity index (χ0n) is 12.3. The van der Waals surface area contributed by atoms with Gasteiger partial charge in [0.15, 0.2) is 0 Å². The summed E-state index contributed by atoms with van der Waals surface area (Å²) in [5.41, 5.74) is 0. The van der Waals surface area contributed by atoms with Gasteiger partial charge in [0.2, 0.25) is 5.95 Å². The van der Waals surface area contributed by atoms with Crippen LogP contribution in [-0.4, -0.2) is 41.3 Å². The predicted molar refractivity (Wildman–Crippen MR) is 86.3 cm³/mol. The summed E-state index contributed by atoms with van der Waals surface area (Å²) >= 11 is 1.71. The van der Waals surface area contributed by atoms with Crippen LogP contribution < -0.4 is 10.2 Å². The maximum Gasteiger partial charge on any atom is 0.227 e. The van der Waals surface area contributed by atoms with Crippen LogP contribution in [0.15, 0.2) is 23.8 Å². The molecule has 6 nitrogen and oxygen atoms in total. The maximum absolute atomic E-state index is 5.38. The van der Waals surface area contributed by atoms with Crippen LogP contribution in [0.25, 0.3) is 0 Å². The van der Waals surface area contributed by atoms with Gasteiger partial charge < -0.3 is 15.0 Å². The first kappa shape index (κ1) is 13.9. The van der Waals surface area contributed by atoms with E-state index in [-0.39, 0.29) is 6.04 Å². The van der Waals surface area contributed by atoms with Crippen molar-refractivity contribution >= 4 is 23.1 Å². The monoisotopic (exact) mass is 317 g/mol. The van der Waals surface area contributed by atoms with Crippen molar-refractivity contribution in [3.63, 3.8) is 0 Å². The SMILES string of the molecule is c1cc(N[C@H](c2nccs2)C2CC2)nc(N2CCOCC2)n1. The van der Waals surface area contributed by atoms with Crippen molar-refractivity contribution < 1.29 is 4.74 Å². The van der Waals surface area contributed by atoms with Crippen molar-refractivity contribution in [1.82, 2.24) is 15.0 Å². The number of ether oxygens (including phenoxy) is 1. The van der Waals surface area contributed by atoms with Crippen LogP contribution in [0.3, 0.4) is 0 Å². The van der Waals surface area contributed by atoms with Gasteiger partial charge in [-0.3, -0.25) is 0 Å². The Morgan fingerprint density at radius 1 is 1.23 bits per heavy atom. The predicted octanol–water partition coefficient (Wildman–Crippen LogP) is 2.33. The standard InChI is InChI=1S/C15H19N5OS/c1-2-11(1)13(14-16-5-10-22-14)18-12-3-4-17-15(19-12)20-6-8-21-9-7-20/h3-5,10-11,13H,1-2,6-9H2,(H,17,18,19)/t13-/m0/s1. The highest BCUT2D eigenvalue weighted by molar-refractivity contribution is 7.09. The number of rotatable bonds is 5. The maximum atomic E-state index is 5.38. The Labute approximate surface area is 133 Å². The van der Waals surface area contributed by atoms with E-state index in [1.807, 2.05) is 23.8 Å². The minimum absolute atomic E-state index is 0.271. The fourth-order valence-electron chi connectivity index (χ4n) is 2.70. The molecule has 2 aromatic rings. The average Bonchev–Trinajstić information content (AvgIpc) is 3.28. The van der Waals surface area contributed by atoms with Gasteiger partial charge in [-0.1, -0.05) is 0 Å². The highest BCUT2D eigenvalue weighted by Crippen LogP contribution is 2.43.